The molecule has 1 aromatic carbocycles. The van der Waals surface area contributed by atoms with E-state index in [1.807, 2.05) is 0 Å². The molecule has 0 amide bonds. The number of carbonyl (C=O) groups excluding carboxylic acids is 1. The van der Waals surface area contributed by atoms with Crippen molar-refractivity contribution < 1.29 is 17.9 Å². The summed E-state index contributed by atoms with van der Waals surface area (Å²) in [6.45, 7) is 3.47. The second kappa shape index (κ2) is 7.42. The maximum absolute atomic E-state index is 12.0. The van der Waals surface area contributed by atoms with Crippen LogP contribution in [0, 0.1) is 0 Å². The molecule has 0 bridgehead atoms. The Hall–Kier alpha value is -0.860. The van der Waals surface area contributed by atoms with Crippen LogP contribution in [0.4, 0.5) is 0 Å². The molecule has 0 aliphatic heterocycles. The molecule has 1 rings (SSSR count). The lowest BCUT2D eigenvalue weighted by Crippen LogP contribution is -2.45. The van der Waals surface area contributed by atoms with Crippen LogP contribution >= 0.6 is 24.0 Å². The molecule has 21 heavy (non-hydrogen) atoms. The molecule has 0 heterocycles. The number of sulfonamides is 1. The molecule has 9 heteroatoms. The fourth-order valence-corrected chi connectivity index (χ4v) is 2.87. The Bertz CT molecular complexity index is 612. The highest BCUT2D eigenvalue weighted by molar-refractivity contribution is 7.89. The zero-order chi connectivity index (χ0) is 15.6. The van der Waals surface area contributed by atoms with E-state index >= 15 is 0 Å². The molecule has 0 fully saturated rings. The summed E-state index contributed by atoms with van der Waals surface area (Å²) >= 11 is 5.88. The molecular formula is C12H18Cl2N2O4S. The second-order valence-electron chi connectivity index (χ2n) is 4.95. The number of ether oxygens (including phenoxy) is 1. The molecule has 0 saturated heterocycles. The van der Waals surface area contributed by atoms with Gasteiger partial charge in [-0.25, -0.2) is 17.9 Å². The number of nitrogens with two attached hydrogens (primary N) is 1. The van der Waals surface area contributed by atoms with Gasteiger partial charge >= 0.3 is 5.97 Å². The number of methoxy groups -OCH3 is 1. The van der Waals surface area contributed by atoms with E-state index in [0.717, 1.165) is 0 Å². The topological polar surface area (TPSA) is 98.5 Å². The number of hydrogen-bond acceptors (Lipinski definition) is 5. The number of benzene rings is 1. The van der Waals surface area contributed by atoms with Gasteiger partial charge in [0.2, 0.25) is 10.0 Å². The van der Waals surface area contributed by atoms with Crippen molar-refractivity contribution >= 4 is 40.0 Å². The Morgan fingerprint density at radius 1 is 1.43 bits per heavy atom. The predicted octanol–water partition coefficient (Wildman–Crippen LogP) is 1.56. The molecule has 0 aliphatic rings. The average molecular weight is 357 g/mol. The van der Waals surface area contributed by atoms with Crippen molar-refractivity contribution in [1.29, 1.82) is 0 Å². The van der Waals surface area contributed by atoms with Gasteiger partial charge in [0.1, 0.15) is 0 Å². The van der Waals surface area contributed by atoms with E-state index in [2.05, 4.69) is 9.46 Å². The van der Waals surface area contributed by atoms with E-state index in [9.17, 15) is 13.2 Å². The van der Waals surface area contributed by atoms with Gasteiger partial charge in [-0.3, -0.25) is 0 Å². The highest BCUT2D eigenvalue weighted by atomic mass is 35.5. The molecule has 0 atom stereocenters. The van der Waals surface area contributed by atoms with Crippen LogP contribution in [0.1, 0.15) is 24.2 Å². The van der Waals surface area contributed by atoms with E-state index in [-0.39, 0.29) is 34.4 Å². The number of nitrogens with one attached hydrogen (secondary N) is 1. The highest BCUT2D eigenvalue weighted by Crippen LogP contribution is 2.21. The monoisotopic (exact) mass is 356 g/mol. The molecule has 120 valence electrons. The largest absolute Gasteiger partial charge is 0.465 e. The maximum Gasteiger partial charge on any atom is 0.339 e. The number of halogens is 2. The summed E-state index contributed by atoms with van der Waals surface area (Å²) in [5.74, 6) is -0.630. The van der Waals surface area contributed by atoms with E-state index in [1.165, 1.54) is 25.3 Å². The quantitative estimate of drug-likeness (QED) is 0.780. The first-order chi connectivity index (χ1) is 9.07. The maximum atomic E-state index is 12.0. The Morgan fingerprint density at radius 2 is 2.00 bits per heavy atom. The summed E-state index contributed by atoms with van der Waals surface area (Å²) in [5.41, 5.74) is 5.14. The van der Waals surface area contributed by atoms with Gasteiger partial charge in [-0.1, -0.05) is 11.6 Å². The van der Waals surface area contributed by atoms with Crippen LogP contribution in [0.3, 0.4) is 0 Å². The minimum absolute atomic E-state index is 0. The van der Waals surface area contributed by atoms with Crippen LogP contribution in [0.5, 0.6) is 0 Å². The third kappa shape index (κ3) is 5.80. The third-order valence-electron chi connectivity index (χ3n) is 2.37. The summed E-state index contributed by atoms with van der Waals surface area (Å²) in [4.78, 5) is 11.3. The standard InChI is InChI=1S/C12H17ClN2O4S.ClH/c1-12(2,14)7-15-20(17,18)8-4-5-9(10(13)6-8)11(16)19-3;/h4-6,15H,7,14H2,1-3H3;1H. The van der Waals surface area contributed by atoms with Gasteiger partial charge in [0.05, 0.1) is 22.6 Å². The minimum atomic E-state index is -3.73. The third-order valence-corrected chi connectivity index (χ3v) is 4.09. The van der Waals surface area contributed by atoms with Crippen molar-refractivity contribution in [2.75, 3.05) is 13.7 Å². The fraction of sp³-hybridized carbons (Fsp3) is 0.417. The van der Waals surface area contributed by atoms with Crippen molar-refractivity contribution in [3.63, 3.8) is 0 Å². The summed E-state index contributed by atoms with van der Waals surface area (Å²) in [6, 6.07) is 3.78. The van der Waals surface area contributed by atoms with Gasteiger partial charge in [0.15, 0.2) is 0 Å². The van der Waals surface area contributed by atoms with Gasteiger partial charge < -0.3 is 10.5 Å². The lowest BCUT2D eigenvalue weighted by Gasteiger charge is -2.19. The van der Waals surface area contributed by atoms with Crippen molar-refractivity contribution in [2.24, 2.45) is 5.73 Å². The van der Waals surface area contributed by atoms with E-state index < -0.39 is 21.5 Å². The van der Waals surface area contributed by atoms with Crippen LogP contribution in [-0.4, -0.2) is 33.6 Å². The molecule has 0 aliphatic carbocycles. The normalized spacial score (nSPS) is 11.7. The molecule has 3 N–H and O–H groups in total. The molecule has 6 nitrogen and oxygen atoms in total. The number of esters is 1. The summed E-state index contributed by atoms with van der Waals surface area (Å²) in [7, 11) is -2.52. The lowest BCUT2D eigenvalue weighted by molar-refractivity contribution is 0.0601. The smallest absolute Gasteiger partial charge is 0.339 e. The van der Waals surface area contributed by atoms with Gasteiger partial charge in [-0.2, -0.15) is 0 Å². The van der Waals surface area contributed by atoms with E-state index in [1.54, 1.807) is 13.8 Å². The molecule has 1 aromatic rings. The minimum Gasteiger partial charge on any atom is -0.465 e. The van der Waals surface area contributed by atoms with E-state index in [0.29, 0.717) is 0 Å². The summed E-state index contributed by atoms with van der Waals surface area (Å²) in [5, 5.41) is 0.00623. The summed E-state index contributed by atoms with van der Waals surface area (Å²) < 4.78 is 31.0. The Labute approximate surface area is 135 Å². The Balaban J connectivity index is 0.00000400. The van der Waals surface area contributed by atoms with Crippen molar-refractivity contribution in [3.8, 4) is 0 Å². The predicted molar refractivity (Wildman–Crippen MR) is 83.5 cm³/mol. The van der Waals surface area contributed by atoms with Crippen LogP contribution in [0.15, 0.2) is 23.1 Å². The van der Waals surface area contributed by atoms with Crippen molar-refractivity contribution in [2.45, 2.75) is 24.3 Å². The molecule has 0 radical (unpaired) electrons. The van der Waals surface area contributed by atoms with Crippen LogP contribution < -0.4 is 10.5 Å². The van der Waals surface area contributed by atoms with Crippen LogP contribution in [0.2, 0.25) is 5.02 Å². The molecule has 0 unspecified atom stereocenters. The van der Waals surface area contributed by atoms with Gasteiger partial charge in [0.25, 0.3) is 0 Å². The average Bonchev–Trinajstić information content (AvgIpc) is 2.34. The first-order valence-corrected chi connectivity index (χ1v) is 7.59. The summed E-state index contributed by atoms with van der Waals surface area (Å²) in [6.07, 6.45) is 0. The second-order valence-corrected chi connectivity index (χ2v) is 7.12. The first-order valence-electron chi connectivity index (χ1n) is 5.73. The van der Waals surface area contributed by atoms with Crippen molar-refractivity contribution in [1.82, 2.24) is 4.72 Å². The van der Waals surface area contributed by atoms with E-state index in [4.69, 9.17) is 17.3 Å². The Morgan fingerprint density at radius 3 is 2.43 bits per heavy atom. The van der Waals surface area contributed by atoms with Crippen LogP contribution in [-0.2, 0) is 14.8 Å². The SMILES string of the molecule is COC(=O)c1ccc(S(=O)(=O)NCC(C)(C)N)cc1Cl.Cl. The molecule has 0 aromatic heterocycles. The first kappa shape index (κ1) is 20.1. The Kier molecular flexibility index (Phi) is 7.11. The van der Waals surface area contributed by atoms with Gasteiger partial charge in [-0.05, 0) is 32.0 Å². The zero-order valence-corrected chi connectivity index (χ0v) is 14.2. The lowest BCUT2D eigenvalue weighted by atomic mass is 10.1. The molecule has 0 spiro atoms. The molecule has 0 saturated carbocycles. The molecular weight excluding hydrogens is 339 g/mol. The fourth-order valence-electron chi connectivity index (χ4n) is 1.30. The number of rotatable bonds is 5. The van der Waals surface area contributed by atoms with Crippen molar-refractivity contribution in [3.05, 3.63) is 28.8 Å². The van der Waals surface area contributed by atoms with Crippen LogP contribution in [0.25, 0.3) is 0 Å². The van der Waals surface area contributed by atoms with Gasteiger partial charge in [0, 0.05) is 12.1 Å². The highest BCUT2D eigenvalue weighted by Gasteiger charge is 2.21. The number of hydrogen-bond donors (Lipinski definition) is 2. The zero-order valence-electron chi connectivity index (χ0n) is 11.8. The number of carbonyl (C=O) groups is 1. The van der Waals surface area contributed by atoms with Gasteiger partial charge in [-0.15, -0.1) is 12.4 Å².